The molecule has 0 fully saturated rings. The van der Waals surface area contributed by atoms with Crippen LogP contribution in [0.3, 0.4) is 0 Å². The SMILES string of the molecule is CC(CSc1ccccc1)N(C=O)CCc1ccccc1Br. The van der Waals surface area contributed by atoms with Crippen LogP contribution in [0.4, 0.5) is 0 Å². The predicted molar refractivity (Wildman–Crippen MR) is 97.2 cm³/mol. The van der Waals surface area contributed by atoms with Crippen LogP contribution in [-0.2, 0) is 11.2 Å². The molecule has 2 aromatic rings. The van der Waals surface area contributed by atoms with E-state index in [4.69, 9.17) is 0 Å². The highest BCUT2D eigenvalue weighted by Crippen LogP contribution is 2.20. The van der Waals surface area contributed by atoms with E-state index in [9.17, 15) is 4.79 Å². The number of hydrogen-bond donors (Lipinski definition) is 0. The molecule has 1 amide bonds. The summed E-state index contributed by atoms with van der Waals surface area (Å²) in [5.41, 5.74) is 1.23. The summed E-state index contributed by atoms with van der Waals surface area (Å²) in [4.78, 5) is 14.5. The Morgan fingerprint density at radius 1 is 1.14 bits per heavy atom. The molecule has 0 radical (unpaired) electrons. The van der Waals surface area contributed by atoms with Gasteiger partial charge in [-0.3, -0.25) is 4.79 Å². The van der Waals surface area contributed by atoms with Crippen LogP contribution in [0.15, 0.2) is 64.0 Å². The number of halogens is 1. The first-order chi connectivity index (χ1) is 10.7. The van der Waals surface area contributed by atoms with Crippen molar-refractivity contribution in [2.24, 2.45) is 0 Å². The van der Waals surface area contributed by atoms with E-state index in [0.29, 0.717) is 0 Å². The smallest absolute Gasteiger partial charge is 0.209 e. The molecular formula is C18H20BrNOS. The molecule has 0 spiro atoms. The van der Waals surface area contributed by atoms with Crippen LogP contribution in [0.1, 0.15) is 12.5 Å². The highest BCUT2D eigenvalue weighted by atomic mass is 79.9. The molecule has 0 aromatic heterocycles. The topological polar surface area (TPSA) is 20.3 Å². The standard InChI is InChI=1S/C18H20BrNOS/c1-15(13-22-17-8-3-2-4-9-17)20(14-21)12-11-16-7-5-6-10-18(16)19/h2-10,14-15H,11-13H2,1H3. The van der Waals surface area contributed by atoms with Crippen LogP contribution < -0.4 is 0 Å². The number of rotatable bonds is 8. The molecule has 0 aliphatic carbocycles. The first kappa shape index (κ1) is 17.1. The Balaban J connectivity index is 1.85. The van der Waals surface area contributed by atoms with E-state index in [0.717, 1.165) is 29.6 Å². The zero-order chi connectivity index (χ0) is 15.8. The van der Waals surface area contributed by atoms with Crippen LogP contribution >= 0.6 is 27.7 Å². The van der Waals surface area contributed by atoms with Crippen molar-refractivity contribution in [2.75, 3.05) is 12.3 Å². The number of benzene rings is 2. The number of nitrogens with zero attached hydrogens (tertiary/aromatic N) is 1. The second-order valence-electron chi connectivity index (χ2n) is 5.16. The summed E-state index contributed by atoms with van der Waals surface area (Å²) in [6.07, 6.45) is 1.83. The minimum absolute atomic E-state index is 0.213. The van der Waals surface area contributed by atoms with Crippen LogP contribution in [-0.4, -0.2) is 29.6 Å². The molecular weight excluding hydrogens is 358 g/mol. The molecule has 0 N–H and O–H groups in total. The third kappa shape index (κ3) is 5.18. The first-order valence-electron chi connectivity index (χ1n) is 7.33. The highest BCUT2D eigenvalue weighted by Gasteiger charge is 2.12. The van der Waals surface area contributed by atoms with E-state index >= 15 is 0 Å². The first-order valence-corrected chi connectivity index (χ1v) is 9.11. The maximum atomic E-state index is 11.4. The maximum absolute atomic E-state index is 11.4. The Hall–Kier alpha value is -1.26. The lowest BCUT2D eigenvalue weighted by molar-refractivity contribution is -0.119. The summed E-state index contributed by atoms with van der Waals surface area (Å²) in [5, 5.41) is 0. The zero-order valence-electron chi connectivity index (χ0n) is 12.6. The second-order valence-corrected chi connectivity index (χ2v) is 7.11. The second kappa shape index (κ2) is 9.01. The summed E-state index contributed by atoms with van der Waals surface area (Å²) < 4.78 is 1.10. The van der Waals surface area contributed by atoms with Gasteiger partial charge in [-0.05, 0) is 37.1 Å². The molecule has 22 heavy (non-hydrogen) atoms. The van der Waals surface area contributed by atoms with Crippen molar-refractivity contribution in [3.05, 3.63) is 64.6 Å². The van der Waals surface area contributed by atoms with Gasteiger partial charge in [0.05, 0.1) is 0 Å². The number of amides is 1. The van der Waals surface area contributed by atoms with E-state index in [1.165, 1.54) is 10.5 Å². The molecule has 2 aromatic carbocycles. The van der Waals surface area contributed by atoms with Gasteiger partial charge >= 0.3 is 0 Å². The number of hydrogen-bond acceptors (Lipinski definition) is 2. The Morgan fingerprint density at radius 2 is 1.82 bits per heavy atom. The van der Waals surface area contributed by atoms with Gasteiger partial charge < -0.3 is 4.90 Å². The normalized spacial score (nSPS) is 11.9. The van der Waals surface area contributed by atoms with Gasteiger partial charge in [0.25, 0.3) is 0 Å². The van der Waals surface area contributed by atoms with Crippen LogP contribution in [0.25, 0.3) is 0 Å². The van der Waals surface area contributed by atoms with Crippen molar-refractivity contribution in [1.29, 1.82) is 0 Å². The van der Waals surface area contributed by atoms with E-state index in [2.05, 4.69) is 41.1 Å². The van der Waals surface area contributed by atoms with E-state index in [1.54, 1.807) is 11.8 Å². The fourth-order valence-corrected chi connectivity index (χ4v) is 3.61. The van der Waals surface area contributed by atoms with Gasteiger partial charge in [-0.15, -0.1) is 11.8 Å². The summed E-state index contributed by atoms with van der Waals surface area (Å²) in [5.74, 6) is 0.902. The molecule has 116 valence electrons. The van der Waals surface area contributed by atoms with Crippen molar-refractivity contribution in [3.8, 4) is 0 Å². The summed E-state index contributed by atoms with van der Waals surface area (Å²) in [7, 11) is 0. The largest absolute Gasteiger partial charge is 0.341 e. The fourth-order valence-electron chi connectivity index (χ4n) is 2.16. The van der Waals surface area contributed by atoms with Gasteiger partial charge in [0.1, 0.15) is 0 Å². The summed E-state index contributed by atoms with van der Waals surface area (Å²) in [6.45, 7) is 2.84. The third-order valence-electron chi connectivity index (χ3n) is 3.53. The molecule has 2 nitrogen and oxygen atoms in total. The van der Waals surface area contributed by atoms with Crippen LogP contribution in [0, 0.1) is 0 Å². The molecule has 1 unspecified atom stereocenters. The molecule has 0 heterocycles. The quantitative estimate of drug-likeness (QED) is 0.493. The maximum Gasteiger partial charge on any atom is 0.209 e. The van der Waals surface area contributed by atoms with Gasteiger partial charge in [-0.25, -0.2) is 0 Å². The minimum Gasteiger partial charge on any atom is -0.341 e. The summed E-state index contributed by atoms with van der Waals surface area (Å²) in [6, 6.07) is 18.7. The van der Waals surface area contributed by atoms with Crippen molar-refractivity contribution in [3.63, 3.8) is 0 Å². The Labute approximate surface area is 145 Å². The van der Waals surface area contributed by atoms with Gasteiger partial charge in [0.15, 0.2) is 0 Å². The Bertz CT molecular complexity index is 591. The lowest BCUT2D eigenvalue weighted by Gasteiger charge is -2.25. The Kier molecular flexibility index (Phi) is 7.00. The van der Waals surface area contributed by atoms with Crippen molar-refractivity contribution >= 4 is 34.1 Å². The molecule has 2 rings (SSSR count). The molecule has 0 aliphatic rings. The van der Waals surface area contributed by atoms with Crippen LogP contribution in [0.2, 0.25) is 0 Å². The van der Waals surface area contributed by atoms with Gasteiger partial charge in [0.2, 0.25) is 6.41 Å². The molecule has 4 heteroatoms. The number of carbonyl (C=O) groups is 1. The average Bonchev–Trinajstić information content (AvgIpc) is 2.56. The van der Waals surface area contributed by atoms with E-state index in [1.807, 2.05) is 41.3 Å². The van der Waals surface area contributed by atoms with Gasteiger partial charge in [0, 0.05) is 27.7 Å². The summed E-state index contributed by atoms with van der Waals surface area (Å²) >= 11 is 5.34. The monoisotopic (exact) mass is 377 g/mol. The number of carbonyl (C=O) groups excluding carboxylic acids is 1. The lowest BCUT2D eigenvalue weighted by Crippen LogP contribution is -2.35. The predicted octanol–water partition coefficient (Wildman–Crippen LogP) is 4.63. The number of thioether (sulfide) groups is 1. The van der Waals surface area contributed by atoms with Gasteiger partial charge in [-0.2, -0.15) is 0 Å². The molecule has 1 atom stereocenters. The molecule has 0 aliphatic heterocycles. The van der Waals surface area contributed by atoms with E-state index in [-0.39, 0.29) is 6.04 Å². The molecule has 0 bridgehead atoms. The van der Waals surface area contributed by atoms with Crippen LogP contribution in [0.5, 0.6) is 0 Å². The van der Waals surface area contributed by atoms with E-state index < -0.39 is 0 Å². The highest BCUT2D eigenvalue weighted by molar-refractivity contribution is 9.10. The third-order valence-corrected chi connectivity index (χ3v) is 5.56. The fraction of sp³-hybridized carbons (Fsp3) is 0.278. The van der Waals surface area contributed by atoms with Gasteiger partial charge in [-0.1, -0.05) is 52.3 Å². The Morgan fingerprint density at radius 3 is 2.50 bits per heavy atom. The average molecular weight is 378 g/mol. The molecule has 0 saturated heterocycles. The minimum atomic E-state index is 0.213. The van der Waals surface area contributed by atoms with Crippen molar-refractivity contribution < 1.29 is 4.79 Å². The zero-order valence-corrected chi connectivity index (χ0v) is 15.0. The molecule has 0 saturated carbocycles. The van der Waals surface area contributed by atoms with Crippen molar-refractivity contribution in [1.82, 2.24) is 4.90 Å². The van der Waals surface area contributed by atoms with Crippen molar-refractivity contribution in [2.45, 2.75) is 24.3 Å². The lowest BCUT2D eigenvalue weighted by atomic mass is 10.1.